The van der Waals surface area contributed by atoms with Crippen molar-refractivity contribution in [3.63, 3.8) is 0 Å². The zero-order valence-electron chi connectivity index (χ0n) is 12.2. The molecule has 0 amide bonds. The minimum atomic E-state index is -0.244. The number of esters is 2. The van der Waals surface area contributed by atoms with Crippen molar-refractivity contribution in [1.82, 2.24) is 0 Å². The van der Waals surface area contributed by atoms with Gasteiger partial charge in [0, 0.05) is 12.8 Å². The van der Waals surface area contributed by atoms with Gasteiger partial charge in [0.2, 0.25) is 0 Å². The molecule has 0 aromatic heterocycles. The molecule has 0 radical (unpaired) electrons. The average Bonchev–Trinajstić information content (AvgIpc) is 2.39. The Morgan fingerprint density at radius 3 is 2.11 bits per heavy atom. The number of ether oxygens (including phenoxy) is 2. The van der Waals surface area contributed by atoms with Gasteiger partial charge in [-0.1, -0.05) is 32.4 Å². The van der Waals surface area contributed by atoms with Gasteiger partial charge in [-0.2, -0.15) is 0 Å². The molecule has 0 aromatic carbocycles. The van der Waals surface area contributed by atoms with Crippen molar-refractivity contribution in [1.29, 1.82) is 0 Å². The third kappa shape index (κ3) is 12.9. The van der Waals surface area contributed by atoms with Crippen molar-refractivity contribution >= 4 is 11.9 Å². The van der Waals surface area contributed by atoms with Crippen molar-refractivity contribution in [2.45, 2.75) is 58.8 Å². The highest BCUT2D eigenvalue weighted by Crippen LogP contribution is 2.01. The SMILES string of the molecule is CC/C=C\CCOC(=O)CCCC(=O)OCCCC. The lowest BCUT2D eigenvalue weighted by molar-refractivity contribution is -0.145. The first-order valence-corrected chi connectivity index (χ1v) is 7.16. The molecule has 4 nitrogen and oxygen atoms in total. The molecule has 0 saturated heterocycles. The van der Waals surface area contributed by atoms with Crippen LogP contribution in [-0.4, -0.2) is 25.2 Å². The summed E-state index contributed by atoms with van der Waals surface area (Å²) in [6.07, 6.45) is 8.74. The molecule has 0 unspecified atom stereocenters. The van der Waals surface area contributed by atoms with E-state index < -0.39 is 0 Å². The van der Waals surface area contributed by atoms with Crippen LogP contribution in [0.15, 0.2) is 12.2 Å². The Balaban J connectivity index is 3.42. The summed E-state index contributed by atoms with van der Waals surface area (Å²) in [5.41, 5.74) is 0. The second kappa shape index (κ2) is 13.1. The van der Waals surface area contributed by atoms with E-state index in [0.717, 1.165) is 25.7 Å². The van der Waals surface area contributed by atoms with Gasteiger partial charge in [-0.05, 0) is 25.7 Å². The van der Waals surface area contributed by atoms with E-state index in [1.165, 1.54) is 0 Å². The van der Waals surface area contributed by atoms with Crippen LogP contribution in [0.5, 0.6) is 0 Å². The van der Waals surface area contributed by atoms with Crippen LogP contribution in [0.4, 0.5) is 0 Å². The van der Waals surface area contributed by atoms with Crippen LogP contribution in [0.2, 0.25) is 0 Å². The minimum Gasteiger partial charge on any atom is -0.466 e. The molecule has 0 aliphatic carbocycles. The first kappa shape index (κ1) is 17.7. The fourth-order valence-electron chi connectivity index (χ4n) is 1.38. The quantitative estimate of drug-likeness (QED) is 0.328. The molecule has 0 saturated carbocycles. The van der Waals surface area contributed by atoms with Crippen LogP contribution < -0.4 is 0 Å². The first-order valence-electron chi connectivity index (χ1n) is 7.16. The van der Waals surface area contributed by atoms with E-state index in [4.69, 9.17) is 9.47 Å². The molecule has 110 valence electrons. The number of carbonyl (C=O) groups is 2. The van der Waals surface area contributed by atoms with Crippen molar-refractivity contribution in [2.24, 2.45) is 0 Å². The van der Waals surface area contributed by atoms with E-state index in [2.05, 4.69) is 6.92 Å². The zero-order chi connectivity index (χ0) is 14.3. The maximum atomic E-state index is 11.3. The monoisotopic (exact) mass is 270 g/mol. The third-order valence-electron chi connectivity index (χ3n) is 2.47. The molecule has 0 aliphatic rings. The molecule has 0 heterocycles. The Labute approximate surface area is 116 Å². The van der Waals surface area contributed by atoms with E-state index in [-0.39, 0.29) is 24.8 Å². The topological polar surface area (TPSA) is 52.6 Å². The highest BCUT2D eigenvalue weighted by Gasteiger charge is 2.06. The first-order chi connectivity index (χ1) is 9.20. The summed E-state index contributed by atoms with van der Waals surface area (Å²) in [4.78, 5) is 22.6. The third-order valence-corrected chi connectivity index (χ3v) is 2.47. The van der Waals surface area contributed by atoms with Crippen LogP contribution in [0.25, 0.3) is 0 Å². The predicted octanol–water partition coefficient (Wildman–Crippen LogP) is 3.40. The zero-order valence-corrected chi connectivity index (χ0v) is 12.2. The fourth-order valence-corrected chi connectivity index (χ4v) is 1.38. The normalized spacial score (nSPS) is 10.6. The van der Waals surface area contributed by atoms with Crippen LogP contribution >= 0.6 is 0 Å². The molecule has 0 spiro atoms. The summed E-state index contributed by atoms with van der Waals surface area (Å²) in [5, 5.41) is 0. The van der Waals surface area contributed by atoms with E-state index in [9.17, 15) is 9.59 Å². The van der Waals surface area contributed by atoms with E-state index >= 15 is 0 Å². The van der Waals surface area contributed by atoms with Gasteiger partial charge in [0.25, 0.3) is 0 Å². The number of unbranched alkanes of at least 4 members (excludes halogenated alkanes) is 1. The Hall–Kier alpha value is -1.32. The fraction of sp³-hybridized carbons (Fsp3) is 0.733. The van der Waals surface area contributed by atoms with Gasteiger partial charge >= 0.3 is 11.9 Å². The summed E-state index contributed by atoms with van der Waals surface area (Å²) in [6.45, 7) is 4.99. The minimum absolute atomic E-state index is 0.230. The summed E-state index contributed by atoms with van der Waals surface area (Å²) >= 11 is 0. The van der Waals surface area contributed by atoms with Crippen LogP contribution in [0.3, 0.4) is 0 Å². The van der Waals surface area contributed by atoms with Crippen molar-refractivity contribution in [2.75, 3.05) is 13.2 Å². The highest BCUT2D eigenvalue weighted by molar-refractivity contribution is 5.72. The van der Waals surface area contributed by atoms with Crippen molar-refractivity contribution in [3.05, 3.63) is 12.2 Å². The molecular formula is C15H26O4. The second-order valence-corrected chi connectivity index (χ2v) is 4.32. The van der Waals surface area contributed by atoms with Gasteiger partial charge in [0.1, 0.15) is 0 Å². The Kier molecular flexibility index (Phi) is 12.2. The number of carbonyl (C=O) groups excluding carboxylic acids is 2. The average molecular weight is 270 g/mol. The molecule has 0 aliphatic heterocycles. The van der Waals surface area contributed by atoms with Crippen LogP contribution in [-0.2, 0) is 19.1 Å². The number of allylic oxidation sites excluding steroid dienone is 1. The lowest BCUT2D eigenvalue weighted by atomic mass is 10.2. The van der Waals surface area contributed by atoms with E-state index in [1.807, 2.05) is 19.1 Å². The second-order valence-electron chi connectivity index (χ2n) is 4.32. The summed E-state index contributed by atoms with van der Waals surface area (Å²) in [6, 6.07) is 0. The maximum Gasteiger partial charge on any atom is 0.305 e. The van der Waals surface area contributed by atoms with E-state index in [1.54, 1.807) is 0 Å². The van der Waals surface area contributed by atoms with Gasteiger partial charge in [-0.15, -0.1) is 0 Å². The molecule has 0 N–H and O–H groups in total. The van der Waals surface area contributed by atoms with Crippen LogP contribution in [0, 0.1) is 0 Å². The molecule has 0 atom stereocenters. The molecule has 0 rings (SSSR count). The van der Waals surface area contributed by atoms with Gasteiger partial charge in [-0.3, -0.25) is 9.59 Å². The molecular weight excluding hydrogens is 244 g/mol. The lowest BCUT2D eigenvalue weighted by Gasteiger charge is -2.04. The molecule has 19 heavy (non-hydrogen) atoms. The smallest absolute Gasteiger partial charge is 0.305 e. The van der Waals surface area contributed by atoms with Gasteiger partial charge in [0.05, 0.1) is 13.2 Å². The van der Waals surface area contributed by atoms with Gasteiger partial charge in [-0.25, -0.2) is 0 Å². The molecule has 4 heteroatoms. The van der Waals surface area contributed by atoms with Crippen LogP contribution in [0.1, 0.15) is 58.8 Å². The summed E-state index contributed by atoms with van der Waals surface area (Å²) in [7, 11) is 0. The number of hydrogen-bond acceptors (Lipinski definition) is 4. The van der Waals surface area contributed by atoms with Crippen molar-refractivity contribution in [3.8, 4) is 0 Å². The van der Waals surface area contributed by atoms with E-state index in [0.29, 0.717) is 19.6 Å². The largest absolute Gasteiger partial charge is 0.466 e. The number of rotatable bonds is 11. The summed E-state index contributed by atoms with van der Waals surface area (Å²) in [5.74, 6) is -0.474. The maximum absolute atomic E-state index is 11.3. The summed E-state index contributed by atoms with van der Waals surface area (Å²) < 4.78 is 10.0. The molecule has 0 fully saturated rings. The Bertz CT molecular complexity index is 271. The highest BCUT2D eigenvalue weighted by atomic mass is 16.5. The Morgan fingerprint density at radius 2 is 1.53 bits per heavy atom. The van der Waals surface area contributed by atoms with Gasteiger partial charge in [0.15, 0.2) is 0 Å². The number of hydrogen-bond donors (Lipinski definition) is 0. The standard InChI is InChI=1S/C15H26O4/c1-3-5-7-8-13-19-15(17)11-9-10-14(16)18-12-6-4-2/h5,7H,3-4,6,8-13H2,1-2H3/b7-5-. The van der Waals surface area contributed by atoms with Crippen molar-refractivity contribution < 1.29 is 19.1 Å². The molecule has 0 aromatic rings. The Morgan fingerprint density at radius 1 is 0.895 bits per heavy atom. The molecule has 0 bridgehead atoms. The lowest BCUT2D eigenvalue weighted by Crippen LogP contribution is -2.09. The predicted molar refractivity (Wildman–Crippen MR) is 74.7 cm³/mol. The van der Waals surface area contributed by atoms with Gasteiger partial charge < -0.3 is 9.47 Å².